The summed E-state index contributed by atoms with van der Waals surface area (Å²) in [7, 11) is 0. The zero-order chi connectivity index (χ0) is 9.84. The van der Waals surface area contributed by atoms with Crippen molar-refractivity contribution >= 4 is 33.8 Å². The quantitative estimate of drug-likeness (QED) is 0.757. The van der Waals surface area contributed by atoms with E-state index in [9.17, 15) is 4.79 Å². The predicted molar refractivity (Wildman–Crippen MR) is 58.2 cm³/mol. The molecular weight excluding hydrogens is 251 g/mol. The lowest BCUT2D eigenvalue weighted by atomic mass is 9.99. The van der Waals surface area contributed by atoms with Crippen LogP contribution in [0.5, 0.6) is 0 Å². The number of aldehydes is 1. The minimum absolute atomic E-state index is 0.193. The van der Waals surface area contributed by atoms with Crippen molar-refractivity contribution in [1.82, 2.24) is 0 Å². The summed E-state index contributed by atoms with van der Waals surface area (Å²) in [6.07, 6.45) is 1.43. The topological polar surface area (TPSA) is 17.1 Å². The van der Waals surface area contributed by atoms with Crippen molar-refractivity contribution < 1.29 is 4.79 Å². The Labute approximate surface area is 91.2 Å². The molecule has 0 heterocycles. The second-order valence-electron chi connectivity index (χ2n) is 2.97. The molecule has 1 atom stereocenters. The SMILES string of the molecule is CC(CC=O)c1ccc(Br)cc1Cl. The zero-order valence-corrected chi connectivity index (χ0v) is 9.60. The lowest BCUT2D eigenvalue weighted by molar-refractivity contribution is -0.108. The molecule has 0 amide bonds. The fourth-order valence-electron chi connectivity index (χ4n) is 1.17. The maximum atomic E-state index is 10.3. The van der Waals surface area contributed by atoms with Crippen molar-refractivity contribution in [2.24, 2.45) is 0 Å². The van der Waals surface area contributed by atoms with Crippen LogP contribution >= 0.6 is 27.5 Å². The molecule has 70 valence electrons. The van der Waals surface area contributed by atoms with Gasteiger partial charge in [-0.3, -0.25) is 0 Å². The average molecular weight is 262 g/mol. The summed E-state index contributed by atoms with van der Waals surface area (Å²) >= 11 is 9.34. The Kier molecular flexibility index (Phi) is 3.94. The molecule has 0 fully saturated rings. The summed E-state index contributed by atoms with van der Waals surface area (Å²) < 4.78 is 0.958. The molecule has 0 radical (unpaired) electrons. The van der Waals surface area contributed by atoms with Crippen molar-refractivity contribution in [2.75, 3.05) is 0 Å². The maximum Gasteiger partial charge on any atom is 0.120 e. The minimum Gasteiger partial charge on any atom is -0.303 e. The number of benzene rings is 1. The van der Waals surface area contributed by atoms with Crippen LogP contribution in [0.3, 0.4) is 0 Å². The van der Waals surface area contributed by atoms with Crippen LogP contribution < -0.4 is 0 Å². The number of rotatable bonds is 3. The van der Waals surface area contributed by atoms with Gasteiger partial charge in [-0.1, -0.05) is 40.5 Å². The van der Waals surface area contributed by atoms with Crippen LogP contribution in [0.4, 0.5) is 0 Å². The van der Waals surface area contributed by atoms with Gasteiger partial charge < -0.3 is 4.79 Å². The highest BCUT2D eigenvalue weighted by Crippen LogP contribution is 2.28. The molecule has 0 saturated carbocycles. The monoisotopic (exact) mass is 260 g/mol. The van der Waals surface area contributed by atoms with Gasteiger partial charge in [0.25, 0.3) is 0 Å². The van der Waals surface area contributed by atoms with Gasteiger partial charge in [0.1, 0.15) is 6.29 Å². The van der Waals surface area contributed by atoms with Gasteiger partial charge in [-0.25, -0.2) is 0 Å². The zero-order valence-electron chi connectivity index (χ0n) is 7.26. The first-order valence-corrected chi connectivity index (χ1v) is 5.21. The van der Waals surface area contributed by atoms with Crippen molar-refractivity contribution in [3.63, 3.8) is 0 Å². The number of hydrogen-bond donors (Lipinski definition) is 0. The first-order chi connectivity index (χ1) is 6.15. The van der Waals surface area contributed by atoms with Crippen LogP contribution in [0.1, 0.15) is 24.8 Å². The average Bonchev–Trinajstić information content (AvgIpc) is 2.04. The van der Waals surface area contributed by atoms with Crippen molar-refractivity contribution in [2.45, 2.75) is 19.3 Å². The van der Waals surface area contributed by atoms with E-state index in [0.29, 0.717) is 11.4 Å². The molecule has 13 heavy (non-hydrogen) atoms. The van der Waals surface area contributed by atoms with Crippen LogP contribution in [-0.4, -0.2) is 6.29 Å². The van der Waals surface area contributed by atoms with Crippen molar-refractivity contribution in [3.05, 3.63) is 33.3 Å². The molecule has 1 unspecified atom stereocenters. The van der Waals surface area contributed by atoms with E-state index in [4.69, 9.17) is 11.6 Å². The van der Waals surface area contributed by atoms with Crippen LogP contribution in [0, 0.1) is 0 Å². The van der Waals surface area contributed by atoms with E-state index in [1.165, 1.54) is 0 Å². The highest BCUT2D eigenvalue weighted by atomic mass is 79.9. The third-order valence-electron chi connectivity index (χ3n) is 1.94. The van der Waals surface area contributed by atoms with Gasteiger partial charge in [0, 0.05) is 15.9 Å². The summed E-state index contributed by atoms with van der Waals surface area (Å²) in [5.41, 5.74) is 1.02. The molecule has 0 saturated heterocycles. The Morgan fingerprint density at radius 1 is 1.62 bits per heavy atom. The smallest absolute Gasteiger partial charge is 0.120 e. The largest absolute Gasteiger partial charge is 0.303 e. The molecule has 1 nitrogen and oxygen atoms in total. The van der Waals surface area contributed by atoms with Crippen molar-refractivity contribution in [1.29, 1.82) is 0 Å². The highest BCUT2D eigenvalue weighted by molar-refractivity contribution is 9.10. The van der Waals surface area contributed by atoms with E-state index < -0.39 is 0 Å². The second kappa shape index (κ2) is 4.77. The molecule has 0 bridgehead atoms. The Hall–Kier alpha value is -0.340. The molecule has 1 aromatic rings. The number of carbonyl (C=O) groups is 1. The van der Waals surface area contributed by atoms with Crippen LogP contribution in [0.2, 0.25) is 5.02 Å². The van der Waals surface area contributed by atoms with Crippen LogP contribution in [-0.2, 0) is 4.79 Å². The van der Waals surface area contributed by atoms with Gasteiger partial charge in [0.2, 0.25) is 0 Å². The van der Waals surface area contributed by atoms with E-state index >= 15 is 0 Å². The molecule has 3 heteroatoms. The summed E-state index contributed by atoms with van der Waals surface area (Å²) in [4.78, 5) is 10.3. The third kappa shape index (κ3) is 2.82. The molecule has 0 aromatic heterocycles. The molecule has 0 aliphatic carbocycles. The molecule has 1 rings (SSSR count). The van der Waals surface area contributed by atoms with Gasteiger partial charge in [-0.15, -0.1) is 0 Å². The number of hydrogen-bond acceptors (Lipinski definition) is 1. The van der Waals surface area contributed by atoms with E-state index in [1.54, 1.807) is 0 Å². The molecule has 0 aliphatic heterocycles. The fourth-order valence-corrected chi connectivity index (χ4v) is 2.03. The second-order valence-corrected chi connectivity index (χ2v) is 4.29. The fraction of sp³-hybridized carbons (Fsp3) is 0.300. The summed E-state index contributed by atoms with van der Waals surface area (Å²) in [5.74, 6) is 0.193. The first kappa shape index (κ1) is 10.7. The number of halogens is 2. The lowest BCUT2D eigenvalue weighted by Gasteiger charge is -2.10. The van der Waals surface area contributed by atoms with Crippen LogP contribution in [0.15, 0.2) is 22.7 Å². The van der Waals surface area contributed by atoms with E-state index in [0.717, 1.165) is 16.3 Å². The minimum atomic E-state index is 0.193. The van der Waals surface area contributed by atoms with E-state index in [1.807, 2.05) is 25.1 Å². The summed E-state index contributed by atoms with van der Waals surface area (Å²) in [6.45, 7) is 1.99. The molecule has 1 aromatic carbocycles. The Morgan fingerprint density at radius 3 is 2.85 bits per heavy atom. The van der Waals surface area contributed by atoms with E-state index in [2.05, 4.69) is 15.9 Å². The van der Waals surface area contributed by atoms with Gasteiger partial charge in [0.05, 0.1) is 0 Å². The van der Waals surface area contributed by atoms with E-state index in [-0.39, 0.29) is 5.92 Å². The normalized spacial score (nSPS) is 12.5. The van der Waals surface area contributed by atoms with Gasteiger partial charge in [-0.05, 0) is 23.6 Å². The number of carbonyl (C=O) groups excluding carboxylic acids is 1. The van der Waals surface area contributed by atoms with Crippen molar-refractivity contribution in [3.8, 4) is 0 Å². The highest BCUT2D eigenvalue weighted by Gasteiger charge is 2.08. The molecule has 0 spiro atoms. The Morgan fingerprint density at radius 2 is 2.31 bits per heavy atom. The molecule has 0 N–H and O–H groups in total. The molecule has 0 aliphatic rings. The van der Waals surface area contributed by atoms with Crippen LogP contribution in [0.25, 0.3) is 0 Å². The Bertz CT molecular complexity index is 312. The summed E-state index contributed by atoms with van der Waals surface area (Å²) in [5, 5.41) is 0.712. The third-order valence-corrected chi connectivity index (χ3v) is 2.76. The predicted octanol–water partition coefficient (Wildman–Crippen LogP) is 3.80. The van der Waals surface area contributed by atoms with Gasteiger partial charge >= 0.3 is 0 Å². The van der Waals surface area contributed by atoms with Gasteiger partial charge in [-0.2, -0.15) is 0 Å². The summed E-state index contributed by atoms with van der Waals surface area (Å²) in [6, 6.07) is 5.72. The standard InChI is InChI=1S/C10H10BrClO/c1-7(4-5-13)9-3-2-8(11)6-10(9)12/h2-3,5-7H,4H2,1H3. The maximum absolute atomic E-state index is 10.3. The Balaban J connectivity index is 2.94. The molecular formula is C10H10BrClO. The van der Waals surface area contributed by atoms with Gasteiger partial charge in [0.15, 0.2) is 0 Å². The lowest BCUT2D eigenvalue weighted by Crippen LogP contribution is -1.95. The first-order valence-electron chi connectivity index (χ1n) is 4.03.